The third kappa shape index (κ3) is 4.16. The summed E-state index contributed by atoms with van der Waals surface area (Å²) in [6.07, 6.45) is 3.56. The van der Waals surface area contributed by atoms with E-state index in [4.69, 9.17) is 0 Å². The van der Waals surface area contributed by atoms with E-state index in [0.717, 1.165) is 35.5 Å². The van der Waals surface area contributed by atoms with E-state index in [1.165, 1.54) is 12.8 Å². The van der Waals surface area contributed by atoms with Crippen LogP contribution in [0.4, 0.5) is 5.69 Å². The number of aryl methyl sites for hydroxylation is 1. The second-order valence-electron chi connectivity index (χ2n) is 5.56. The Labute approximate surface area is 132 Å². The van der Waals surface area contributed by atoms with E-state index in [0.29, 0.717) is 11.3 Å². The van der Waals surface area contributed by atoms with Gasteiger partial charge in [-0.15, -0.1) is 0 Å². The van der Waals surface area contributed by atoms with Gasteiger partial charge in [0.1, 0.15) is 0 Å². The van der Waals surface area contributed by atoms with E-state index in [-0.39, 0.29) is 5.91 Å². The number of hydrogen-bond acceptors (Lipinski definition) is 3. The molecule has 21 heavy (non-hydrogen) atoms. The fourth-order valence-corrected chi connectivity index (χ4v) is 4.15. The van der Waals surface area contributed by atoms with Crippen LogP contribution in [0.3, 0.4) is 0 Å². The monoisotopic (exact) mass is 306 g/mol. The minimum atomic E-state index is 0.0646. The van der Waals surface area contributed by atoms with Crippen molar-refractivity contribution in [3.05, 3.63) is 29.3 Å². The summed E-state index contributed by atoms with van der Waals surface area (Å²) in [6.45, 7) is 7.20. The molecule has 1 saturated carbocycles. The van der Waals surface area contributed by atoms with Gasteiger partial charge in [-0.2, -0.15) is 11.8 Å². The van der Waals surface area contributed by atoms with E-state index in [1.807, 2.05) is 36.9 Å². The molecule has 1 amide bonds. The summed E-state index contributed by atoms with van der Waals surface area (Å²) in [5.74, 6) is 1.18. The Hall–Kier alpha value is -1.16. The van der Waals surface area contributed by atoms with Gasteiger partial charge in [0, 0.05) is 29.1 Å². The maximum Gasteiger partial charge on any atom is 0.251 e. The molecule has 3 nitrogen and oxygen atoms in total. The molecule has 116 valence electrons. The molecular weight excluding hydrogens is 280 g/mol. The number of rotatable bonds is 6. The first-order valence-electron chi connectivity index (χ1n) is 7.92. The van der Waals surface area contributed by atoms with E-state index < -0.39 is 0 Å². The lowest BCUT2D eigenvalue weighted by Gasteiger charge is -2.20. The van der Waals surface area contributed by atoms with Crippen LogP contribution in [0.15, 0.2) is 18.2 Å². The topological polar surface area (TPSA) is 41.1 Å². The molecule has 0 radical (unpaired) electrons. The summed E-state index contributed by atoms with van der Waals surface area (Å²) < 4.78 is 0. The molecule has 1 aliphatic carbocycles. The van der Waals surface area contributed by atoms with Crippen LogP contribution in [0.5, 0.6) is 0 Å². The van der Waals surface area contributed by atoms with Crippen molar-refractivity contribution in [1.82, 2.24) is 5.32 Å². The van der Waals surface area contributed by atoms with Crippen LogP contribution in [-0.4, -0.2) is 29.5 Å². The molecule has 0 saturated heterocycles. The van der Waals surface area contributed by atoms with Crippen molar-refractivity contribution in [2.45, 2.75) is 51.3 Å². The van der Waals surface area contributed by atoms with Crippen molar-refractivity contribution in [1.29, 1.82) is 0 Å². The molecule has 0 bridgehead atoms. The number of thioether (sulfide) groups is 1. The second kappa shape index (κ2) is 7.74. The number of hydrogen-bond donors (Lipinski definition) is 2. The number of carbonyl (C=O) groups excluding carboxylic acids is 1. The number of nitrogens with one attached hydrogen (secondary N) is 2. The average Bonchev–Trinajstić information content (AvgIpc) is 2.89. The molecule has 0 heterocycles. The Morgan fingerprint density at radius 3 is 2.81 bits per heavy atom. The average molecular weight is 306 g/mol. The zero-order valence-corrected chi connectivity index (χ0v) is 14.1. The molecule has 2 rings (SSSR count). The Morgan fingerprint density at radius 2 is 2.14 bits per heavy atom. The summed E-state index contributed by atoms with van der Waals surface area (Å²) in [5.41, 5.74) is 2.99. The quantitative estimate of drug-likeness (QED) is 0.839. The number of anilines is 1. The van der Waals surface area contributed by atoms with Crippen molar-refractivity contribution in [3.63, 3.8) is 0 Å². The summed E-state index contributed by atoms with van der Waals surface area (Å²) in [5, 5.41) is 7.12. The van der Waals surface area contributed by atoms with Gasteiger partial charge in [0.05, 0.1) is 0 Å². The second-order valence-corrected chi connectivity index (χ2v) is 7.08. The standard InChI is InChI=1S/C17H26N2OS/c1-4-18-14-10-9-13(11-12(14)3)17(20)19-15-7-6-8-16(15)21-5-2/h9-11,15-16,18H,4-8H2,1-3H3,(H,19,20). The van der Waals surface area contributed by atoms with Gasteiger partial charge in [0.15, 0.2) is 0 Å². The van der Waals surface area contributed by atoms with Gasteiger partial charge in [-0.1, -0.05) is 13.3 Å². The SMILES string of the molecule is CCNc1ccc(C(=O)NC2CCCC2SCC)cc1C. The van der Waals surface area contributed by atoms with E-state index in [9.17, 15) is 4.79 Å². The highest BCUT2D eigenvalue weighted by molar-refractivity contribution is 7.99. The smallest absolute Gasteiger partial charge is 0.251 e. The molecule has 1 aliphatic rings. The predicted octanol–water partition coefficient (Wildman–Crippen LogP) is 3.83. The van der Waals surface area contributed by atoms with Crippen molar-refractivity contribution in [3.8, 4) is 0 Å². The number of benzene rings is 1. The third-order valence-electron chi connectivity index (χ3n) is 4.01. The fourth-order valence-electron chi connectivity index (χ4n) is 2.95. The van der Waals surface area contributed by atoms with Gasteiger partial charge >= 0.3 is 0 Å². The normalized spacial score (nSPS) is 21.3. The molecule has 4 heteroatoms. The Balaban J connectivity index is 2.01. The summed E-state index contributed by atoms with van der Waals surface area (Å²) in [4.78, 5) is 12.4. The van der Waals surface area contributed by atoms with Crippen LogP contribution in [0.1, 0.15) is 49.0 Å². The van der Waals surface area contributed by atoms with E-state index >= 15 is 0 Å². The highest BCUT2D eigenvalue weighted by Crippen LogP contribution is 2.30. The minimum absolute atomic E-state index is 0.0646. The maximum absolute atomic E-state index is 12.4. The van der Waals surface area contributed by atoms with Crippen molar-refractivity contribution in [2.75, 3.05) is 17.6 Å². The lowest BCUT2D eigenvalue weighted by molar-refractivity contribution is 0.0938. The van der Waals surface area contributed by atoms with E-state index in [1.54, 1.807) is 0 Å². The fraction of sp³-hybridized carbons (Fsp3) is 0.588. The zero-order chi connectivity index (χ0) is 15.2. The van der Waals surface area contributed by atoms with Gasteiger partial charge in [-0.25, -0.2) is 0 Å². The van der Waals surface area contributed by atoms with Crippen LogP contribution in [-0.2, 0) is 0 Å². The lowest BCUT2D eigenvalue weighted by atomic mass is 10.1. The van der Waals surface area contributed by atoms with Crippen molar-refractivity contribution < 1.29 is 4.79 Å². The Morgan fingerprint density at radius 1 is 1.33 bits per heavy atom. The molecule has 0 spiro atoms. The largest absolute Gasteiger partial charge is 0.385 e. The molecule has 2 atom stereocenters. The summed E-state index contributed by atoms with van der Waals surface area (Å²) in [6, 6.07) is 6.22. The number of carbonyl (C=O) groups is 1. The van der Waals surface area contributed by atoms with Crippen LogP contribution in [0, 0.1) is 6.92 Å². The van der Waals surface area contributed by atoms with Crippen LogP contribution in [0.2, 0.25) is 0 Å². The van der Waals surface area contributed by atoms with Gasteiger partial charge in [-0.3, -0.25) is 4.79 Å². The highest BCUT2D eigenvalue weighted by Gasteiger charge is 2.28. The van der Waals surface area contributed by atoms with Crippen molar-refractivity contribution in [2.24, 2.45) is 0 Å². The zero-order valence-electron chi connectivity index (χ0n) is 13.2. The third-order valence-corrected chi connectivity index (χ3v) is 5.33. The molecule has 0 aromatic heterocycles. The summed E-state index contributed by atoms with van der Waals surface area (Å²) >= 11 is 1.97. The molecule has 0 aliphatic heterocycles. The highest BCUT2D eigenvalue weighted by atomic mass is 32.2. The van der Waals surface area contributed by atoms with Gasteiger partial charge in [0.2, 0.25) is 0 Å². The first kappa shape index (κ1) is 16.2. The molecule has 1 aromatic carbocycles. The number of amides is 1. The van der Waals surface area contributed by atoms with Gasteiger partial charge < -0.3 is 10.6 Å². The first-order valence-corrected chi connectivity index (χ1v) is 8.97. The van der Waals surface area contributed by atoms with Gasteiger partial charge in [0.25, 0.3) is 5.91 Å². The molecule has 1 aromatic rings. The Bertz CT molecular complexity index is 490. The first-order chi connectivity index (χ1) is 10.2. The lowest BCUT2D eigenvalue weighted by Crippen LogP contribution is -2.38. The van der Waals surface area contributed by atoms with Crippen LogP contribution in [0.25, 0.3) is 0 Å². The summed E-state index contributed by atoms with van der Waals surface area (Å²) in [7, 11) is 0. The van der Waals surface area contributed by atoms with Crippen LogP contribution >= 0.6 is 11.8 Å². The van der Waals surface area contributed by atoms with E-state index in [2.05, 4.69) is 24.5 Å². The molecule has 1 fully saturated rings. The maximum atomic E-state index is 12.4. The molecular formula is C17H26N2OS. The molecule has 2 N–H and O–H groups in total. The predicted molar refractivity (Wildman–Crippen MR) is 92.4 cm³/mol. The van der Waals surface area contributed by atoms with Crippen molar-refractivity contribution >= 4 is 23.4 Å². The molecule has 2 unspecified atom stereocenters. The minimum Gasteiger partial charge on any atom is -0.385 e. The van der Waals surface area contributed by atoms with Gasteiger partial charge in [-0.05, 0) is 56.2 Å². The van der Waals surface area contributed by atoms with Crippen LogP contribution < -0.4 is 10.6 Å². The Kier molecular flexibility index (Phi) is 5.97.